The summed E-state index contributed by atoms with van der Waals surface area (Å²) in [5.41, 5.74) is 0.651. The third-order valence-electron chi connectivity index (χ3n) is 3.90. The molecule has 0 fully saturated rings. The minimum atomic E-state index is -0.343. The largest absolute Gasteiger partial charge is 0.490 e. The lowest BCUT2D eigenvalue weighted by molar-refractivity contribution is -0.119. The van der Waals surface area contributed by atoms with Gasteiger partial charge in [-0.3, -0.25) is 14.4 Å². The first-order valence-electron chi connectivity index (χ1n) is 7.32. The van der Waals surface area contributed by atoms with E-state index in [1.807, 2.05) is 0 Å². The first kappa shape index (κ1) is 15.8. The molecule has 0 bridgehead atoms. The molecule has 0 atom stereocenters. The molecule has 24 heavy (non-hydrogen) atoms. The van der Waals surface area contributed by atoms with E-state index in [1.54, 1.807) is 31.3 Å². The van der Waals surface area contributed by atoms with Gasteiger partial charge in [0.05, 0.1) is 24.9 Å². The van der Waals surface area contributed by atoms with Gasteiger partial charge in [0, 0.05) is 13.1 Å². The van der Waals surface area contributed by atoms with Crippen LogP contribution >= 0.6 is 0 Å². The molecule has 2 heterocycles. The highest BCUT2D eigenvalue weighted by Gasteiger charge is 2.29. The zero-order chi connectivity index (χ0) is 17.3. The summed E-state index contributed by atoms with van der Waals surface area (Å²) >= 11 is 0. The monoisotopic (exact) mass is 328 g/mol. The topological polar surface area (TPSA) is 80.1 Å². The average molecular weight is 328 g/mol. The van der Waals surface area contributed by atoms with Crippen molar-refractivity contribution in [2.75, 3.05) is 25.6 Å². The molecule has 2 amide bonds. The summed E-state index contributed by atoms with van der Waals surface area (Å²) in [5.74, 6) is -0.142. The first-order valence-corrected chi connectivity index (χ1v) is 7.32. The molecule has 0 saturated carbocycles. The van der Waals surface area contributed by atoms with Crippen LogP contribution in [0.15, 0.2) is 45.8 Å². The van der Waals surface area contributed by atoms with Gasteiger partial charge in [-0.05, 0) is 12.1 Å². The molecule has 0 radical (unpaired) electrons. The van der Waals surface area contributed by atoms with Gasteiger partial charge in [0.2, 0.25) is 17.1 Å². The molecule has 7 heteroatoms. The molecule has 124 valence electrons. The minimum Gasteiger partial charge on any atom is -0.490 e. The number of carbonyl (C=O) groups excluding carboxylic acids is 2. The van der Waals surface area contributed by atoms with E-state index in [9.17, 15) is 14.4 Å². The molecule has 1 aliphatic heterocycles. The summed E-state index contributed by atoms with van der Waals surface area (Å²) in [5, 5.41) is 0. The fourth-order valence-electron chi connectivity index (χ4n) is 2.58. The van der Waals surface area contributed by atoms with Crippen molar-refractivity contribution in [2.24, 2.45) is 0 Å². The summed E-state index contributed by atoms with van der Waals surface area (Å²) < 4.78 is 10.2. The summed E-state index contributed by atoms with van der Waals surface area (Å²) in [6.07, 6.45) is 1.20. The Morgan fingerprint density at radius 1 is 1.21 bits per heavy atom. The van der Waals surface area contributed by atoms with Crippen molar-refractivity contribution in [1.29, 1.82) is 0 Å². The molecular weight excluding hydrogens is 312 g/mol. The van der Waals surface area contributed by atoms with Crippen molar-refractivity contribution in [3.63, 3.8) is 0 Å². The number of carbonyl (C=O) groups is 2. The van der Waals surface area contributed by atoms with Gasteiger partial charge in [-0.1, -0.05) is 12.1 Å². The Labute approximate surface area is 138 Å². The molecule has 2 aromatic rings. The van der Waals surface area contributed by atoms with Crippen LogP contribution in [0.25, 0.3) is 0 Å². The van der Waals surface area contributed by atoms with Crippen LogP contribution in [0.4, 0.5) is 5.69 Å². The van der Waals surface area contributed by atoms with Crippen LogP contribution in [0.1, 0.15) is 16.1 Å². The average Bonchev–Trinajstić information content (AvgIpc) is 2.67. The Hall–Kier alpha value is -3.09. The zero-order valence-electron chi connectivity index (χ0n) is 13.3. The molecular formula is C17H16N2O5. The van der Waals surface area contributed by atoms with Crippen molar-refractivity contribution in [1.82, 2.24) is 4.90 Å². The highest BCUT2D eigenvalue weighted by Crippen LogP contribution is 2.25. The van der Waals surface area contributed by atoms with E-state index in [4.69, 9.17) is 9.15 Å². The maximum Gasteiger partial charge on any atom is 0.256 e. The van der Waals surface area contributed by atoms with Gasteiger partial charge < -0.3 is 19.0 Å². The smallest absolute Gasteiger partial charge is 0.256 e. The number of hydrogen-bond donors (Lipinski definition) is 0. The molecule has 1 aromatic heterocycles. The fraction of sp³-hybridized carbons (Fsp3) is 0.235. The summed E-state index contributed by atoms with van der Waals surface area (Å²) in [7, 11) is 3.00. The standard InChI is InChI=1S/C17H16N2O5/c1-18-13-6-4-3-5-12(13)17(22)19(9-16(18)21)8-11-7-14(20)15(23-2)10-24-11/h3-7,10H,8-9H2,1-2H3. The summed E-state index contributed by atoms with van der Waals surface area (Å²) in [6, 6.07) is 8.17. The second kappa shape index (κ2) is 6.19. The molecule has 0 saturated heterocycles. The van der Waals surface area contributed by atoms with Crippen LogP contribution in [0.5, 0.6) is 5.75 Å². The quantitative estimate of drug-likeness (QED) is 0.847. The number of likely N-dealkylation sites (N-methyl/N-ethyl adjacent to an activating group) is 1. The van der Waals surface area contributed by atoms with Crippen molar-refractivity contribution in [3.8, 4) is 5.75 Å². The van der Waals surface area contributed by atoms with E-state index in [2.05, 4.69) is 0 Å². The van der Waals surface area contributed by atoms with E-state index in [0.717, 1.165) is 0 Å². The van der Waals surface area contributed by atoms with Crippen LogP contribution < -0.4 is 15.1 Å². The van der Waals surface area contributed by atoms with Crippen molar-refractivity contribution < 1.29 is 18.7 Å². The van der Waals surface area contributed by atoms with E-state index in [0.29, 0.717) is 11.3 Å². The van der Waals surface area contributed by atoms with Crippen LogP contribution in [-0.2, 0) is 11.3 Å². The van der Waals surface area contributed by atoms with Crippen LogP contribution in [0.3, 0.4) is 0 Å². The normalized spacial score (nSPS) is 14.4. The molecule has 3 rings (SSSR count). The molecule has 1 aromatic carbocycles. The lowest BCUT2D eigenvalue weighted by Gasteiger charge is -2.19. The van der Waals surface area contributed by atoms with E-state index in [-0.39, 0.29) is 41.8 Å². The molecule has 1 aliphatic rings. The first-order chi connectivity index (χ1) is 11.5. The second-order valence-electron chi connectivity index (χ2n) is 5.41. The number of methoxy groups -OCH3 is 1. The number of ether oxygens (including phenoxy) is 1. The van der Waals surface area contributed by atoms with Gasteiger partial charge in [-0.2, -0.15) is 0 Å². The number of rotatable bonds is 3. The van der Waals surface area contributed by atoms with Crippen LogP contribution in [-0.4, -0.2) is 37.4 Å². The van der Waals surface area contributed by atoms with E-state index >= 15 is 0 Å². The van der Waals surface area contributed by atoms with Gasteiger partial charge in [-0.15, -0.1) is 0 Å². The maximum atomic E-state index is 12.7. The Morgan fingerprint density at radius 3 is 2.67 bits per heavy atom. The van der Waals surface area contributed by atoms with E-state index < -0.39 is 0 Å². The van der Waals surface area contributed by atoms with Gasteiger partial charge in [0.25, 0.3) is 5.91 Å². The highest BCUT2D eigenvalue weighted by atomic mass is 16.5. The third-order valence-corrected chi connectivity index (χ3v) is 3.90. The Kier molecular flexibility index (Phi) is 4.07. The van der Waals surface area contributed by atoms with Gasteiger partial charge in [0.1, 0.15) is 18.6 Å². The minimum absolute atomic E-state index is 0.0198. The second-order valence-corrected chi connectivity index (χ2v) is 5.41. The van der Waals surface area contributed by atoms with Crippen molar-refractivity contribution in [3.05, 3.63) is 58.1 Å². The Bertz CT molecular complexity index is 858. The Balaban J connectivity index is 1.94. The lowest BCUT2D eigenvalue weighted by Crippen LogP contribution is -2.37. The van der Waals surface area contributed by atoms with Gasteiger partial charge in [-0.25, -0.2) is 0 Å². The van der Waals surface area contributed by atoms with Crippen LogP contribution in [0.2, 0.25) is 0 Å². The predicted octanol–water partition coefficient (Wildman–Crippen LogP) is 1.27. The molecule has 0 aliphatic carbocycles. The van der Waals surface area contributed by atoms with Crippen molar-refractivity contribution in [2.45, 2.75) is 6.54 Å². The molecule has 7 nitrogen and oxygen atoms in total. The number of fused-ring (bicyclic) bond motifs is 1. The highest BCUT2D eigenvalue weighted by molar-refractivity contribution is 6.09. The number of amides is 2. The lowest BCUT2D eigenvalue weighted by atomic mass is 10.1. The van der Waals surface area contributed by atoms with E-state index in [1.165, 1.54) is 29.2 Å². The number of benzene rings is 1. The van der Waals surface area contributed by atoms with Crippen LogP contribution in [0, 0.1) is 0 Å². The Morgan fingerprint density at radius 2 is 1.96 bits per heavy atom. The number of hydrogen-bond acceptors (Lipinski definition) is 5. The van der Waals surface area contributed by atoms with Crippen molar-refractivity contribution >= 4 is 17.5 Å². The zero-order valence-corrected chi connectivity index (χ0v) is 13.3. The molecule has 0 N–H and O–H groups in total. The van der Waals surface area contributed by atoms with Gasteiger partial charge in [0.15, 0.2) is 0 Å². The summed E-state index contributed by atoms with van der Waals surface area (Å²) in [6.45, 7) is -0.0776. The summed E-state index contributed by atoms with van der Waals surface area (Å²) in [4.78, 5) is 39.7. The molecule has 0 spiro atoms. The number of nitrogens with zero attached hydrogens (tertiary/aromatic N) is 2. The SMILES string of the molecule is COc1coc(CN2CC(=O)N(C)c3ccccc3C2=O)cc1=O. The van der Waals surface area contributed by atoms with Gasteiger partial charge >= 0.3 is 0 Å². The number of para-hydroxylation sites is 1. The number of anilines is 1. The molecule has 0 unspecified atom stereocenters. The maximum absolute atomic E-state index is 12.7. The predicted molar refractivity (Wildman–Crippen MR) is 86.1 cm³/mol. The fourth-order valence-corrected chi connectivity index (χ4v) is 2.58. The third kappa shape index (κ3) is 2.76.